The average Bonchev–Trinajstić information content (AvgIpc) is 2.82. The summed E-state index contributed by atoms with van der Waals surface area (Å²) in [7, 11) is 0. The number of rotatable bonds is 7. The number of nitrogens with zero attached hydrogens (tertiary/aromatic N) is 1. The number of carbonyl (C=O) groups excluding carboxylic acids is 3. The van der Waals surface area contributed by atoms with E-state index in [1.807, 2.05) is 0 Å². The predicted molar refractivity (Wildman–Crippen MR) is 128 cm³/mol. The van der Waals surface area contributed by atoms with Crippen molar-refractivity contribution in [3.05, 3.63) is 88.2 Å². The normalized spacial score (nSPS) is 10.6. The minimum absolute atomic E-state index is 0.263. The van der Waals surface area contributed by atoms with Gasteiger partial charge >= 0.3 is 11.8 Å². The molecule has 0 aliphatic rings. The molecular weight excluding hydrogens is 486 g/mol. The number of benzene rings is 3. The van der Waals surface area contributed by atoms with E-state index in [1.165, 1.54) is 24.4 Å². The molecule has 0 aliphatic heterocycles. The van der Waals surface area contributed by atoms with E-state index in [9.17, 15) is 18.8 Å². The maximum absolute atomic E-state index is 12.9. The molecule has 3 rings (SSSR count). The van der Waals surface area contributed by atoms with Gasteiger partial charge in [0.05, 0.1) is 16.3 Å². The van der Waals surface area contributed by atoms with E-state index in [0.29, 0.717) is 27.0 Å². The van der Waals surface area contributed by atoms with Crippen molar-refractivity contribution in [2.24, 2.45) is 5.10 Å². The molecule has 0 spiro atoms. The van der Waals surface area contributed by atoms with Crippen molar-refractivity contribution in [3.8, 4) is 5.75 Å². The SMILES string of the molecule is O=C(COc1cccc(/C=N\NC(=O)C(=O)Nc2ccc(F)cc2)c1)Nc1ccc(Cl)c(Cl)c1. The van der Waals surface area contributed by atoms with E-state index < -0.39 is 23.5 Å². The molecule has 0 fully saturated rings. The van der Waals surface area contributed by atoms with Crippen molar-refractivity contribution in [2.45, 2.75) is 0 Å². The molecule has 174 valence electrons. The molecule has 0 saturated carbocycles. The number of anilines is 2. The second kappa shape index (κ2) is 11.8. The van der Waals surface area contributed by atoms with Crippen LogP contribution in [0.3, 0.4) is 0 Å². The summed E-state index contributed by atoms with van der Waals surface area (Å²) in [6.07, 6.45) is 1.30. The minimum atomic E-state index is -1.01. The maximum Gasteiger partial charge on any atom is 0.329 e. The molecule has 34 heavy (non-hydrogen) atoms. The third-order valence-electron chi connectivity index (χ3n) is 4.12. The standard InChI is InChI=1S/C23H17Cl2FN4O4/c24-19-9-8-17(11-20(19)25)28-21(31)13-34-18-3-1-2-14(10-18)12-27-30-23(33)22(32)29-16-6-4-15(26)5-7-16/h1-12H,13H2,(H,28,31)(H,29,32)(H,30,33)/b27-12-. The van der Waals surface area contributed by atoms with Gasteiger partial charge in [0.1, 0.15) is 11.6 Å². The molecule has 11 heteroatoms. The molecule has 3 aromatic rings. The average molecular weight is 503 g/mol. The zero-order valence-corrected chi connectivity index (χ0v) is 18.9. The second-order valence-corrected chi connectivity index (χ2v) is 7.51. The minimum Gasteiger partial charge on any atom is -0.484 e. The fraction of sp³-hybridized carbons (Fsp3) is 0.0435. The Kier molecular flexibility index (Phi) is 8.55. The van der Waals surface area contributed by atoms with Crippen LogP contribution in [0, 0.1) is 5.82 Å². The summed E-state index contributed by atoms with van der Waals surface area (Å²) in [5.41, 5.74) is 3.37. The van der Waals surface area contributed by atoms with Crippen LogP contribution in [-0.2, 0) is 14.4 Å². The van der Waals surface area contributed by atoms with Gasteiger partial charge in [0, 0.05) is 11.4 Å². The summed E-state index contributed by atoms with van der Waals surface area (Å²) in [6.45, 7) is -0.263. The van der Waals surface area contributed by atoms with E-state index in [2.05, 4.69) is 21.2 Å². The zero-order chi connectivity index (χ0) is 24.5. The van der Waals surface area contributed by atoms with E-state index in [4.69, 9.17) is 27.9 Å². The monoisotopic (exact) mass is 502 g/mol. The molecular formula is C23H17Cl2FN4O4. The molecule has 0 unspecified atom stereocenters. The van der Waals surface area contributed by atoms with Gasteiger partial charge in [-0.2, -0.15) is 5.10 Å². The first kappa shape index (κ1) is 24.7. The molecule has 0 radical (unpaired) electrons. The molecule has 0 bridgehead atoms. The van der Waals surface area contributed by atoms with E-state index in [-0.39, 0.29) is 12.3 Å². The lowest BCUT2D eigenvalue weighted by Crippen LogP contribution is -2.32. The summed E-state index contributed by atoms with van der Waals surface area (Å²) >= 11 is 11.8. The molecule has 3 N–H and O–H groups in total. The van der Waals surface area contributed by atoms with Crippen molar-refractivity contribution in [1.82, 2.24) is 5.43 Å². The van der Waals surface area contributed by atoms with Crippen LogP contribution in [0.4, 0.5) is 15.8 Å². The van der Waals surface area contributed by atoms with Crippen molar-refractivity contribution >= 4 is 58.5 Å². The first-order valence-electron chi connectivity index (χ1n) is 9.68. The second-order valence-electron chi connectivity index (χ2n) is 6.70. The molecule has 0 atom stereocenters. The number of hydrogen-bond acceptors (Lipinski definition) is 5. The van der Waals surface area contributed by atoms with Crippen LogP contribution in [0.25, 0.3) is 0 Å². The lowest BCUT2D eigenvalue weighted by atomic mass is 10.2. The van der Waals surface area contributed by atoms with Crippen molar-refractivity contribution in [3.63, 3.8) is 0 Å². The lowest BCUT2D eigenvalue weighted by Gasteiger charge is -2.08. The fourth-order valence-corrected chi connectivity index (χ4v) is 2.84. The first-order valence-corrected chi connectivity index (χ1v) is 10.4. The molecule has 8 nitrogen and oxygen atoms in total. The number of ether oxygens (including phenoxy) is 1. The third kappa shape index (κ3) is 7.58. The van der Waals surface area contributed by atoms with E-state index in [0.717, 1.165) is 12.1 Å². The molecule has 0 heterocycles. The molecule has 0 aromatic heterocycles. The first-order chi connectivity index (χ1) is 16.3. The van der Waals surface area contributed by atoms with Crippen molar-refractivity contribution in [2.75, 3.05) is 17.2 Å². The molecule has 3 aromatic carbocycles. The van der Waals surface area contributed by atoms with Crippen LogP contribution < -0.4 is 20.8 Å². The number of nitrogens with one attached hydrogen (secondary N) is 3. The molecule has 3 amide bonds. The van der Waals surface area contributed by atoms with Crippen LogP contribution in [0.1, 0.15) is 5.56 Å². The molecule has 0 aliphatic carbocycles. The summed E-state index contributed by atoms with van der Waals surface area (Å²) in [5, 5.41) is 9.36. The number of hydrazone groups is 1. The van der Waals surface area contributed by atoms with Crippen LogP contribution in [-0.4, -0.2) is 30.5 Å². The highest BCUT2D eigenvalue weighted by atomic mass is 35.5. The number of halogens is 3. The lowest BCUT2D eigenvalue weighted by molar-refractivity contribution is -0.136. The number of carbonyl (C=O) groups is 3. The smallest absolute Gasteiger partial charge is 0.329 e. The van der Waals surface area contributed by atoms with E-state index in [1.54, 1.807) is 36.4 Å². The van der Waals surface area contributed by atoms with Crippen LogP contribution in [0.15, 0.2) is 71.8 Å². The van der Waals surface area contributed by atoms with Gasteiger partial charge in [0.25, 0.3) is 5.91 Å². The summed E-state index contributed by atoms with van der Waals surface area (Å²) < 4.78 is 18.4. The Morgan fingerprint density at radius 3 is 2.35 bits per heavy atom. The van der Waals surface area contributed by atoms with Crippen molar-refractivity contribution < 1.29 is 23.5 Å². The Hall–Kier alpha value is -3.95. The third-order valence-corrected chi connectivity index (χ3v) is 4.86. The Bertz CT molecular complexity index is 1240. The molecule has 0 saturated heterocycles. The van der Waals surface area contributed by atoms with Gasteiger partial charge in [-0.05, 0) is 60.2 Å². The van der Waals surface area contributed by atoms with Crippen LogP contribution in [0.2, 0.25) is 10.0 Å². The van der Waals surface area contributed by atoms with Crippen LogP contribution >= 0.6 is 23.2 Å². The van der Waals surface area contributed by atoms with Gasteiger partial charge in [-0.1, -0.05) is 35.3 Å². The zero-order valence-electron chi connectivity index (χ0n) is 17.3. The fourth-order valence-electron chi connectivity index (χ4n) is 2.54. The highest BCUT2D eigenvalue weighted by molar-refractivity contribution is 6.42. The topological polar surface area (TPSA) is 109 Å². The summed E-state index contributed by atoms with van der Waals surface area (Å²) in [4.78, 5) is 35.8. The van der Waals surface area contributed by atoms with Gasteiger partial charge in [-0.3, -0.25) is 14.4 Å². The number of hydrogen-bond donors (Lipinski definition) is 3. The highest BCUT2D eigenvalue weighted by Gasteiger charge is 2.12. The van der Waals surface area contributed by atoms with Gasteiger partial charge in [0.2, 0.25) is 0 Å². The van der Waals surface area contributed by atoms with Gasteiger partial charge in [0.15, 0.2) is 6.61 Å². The van der Waals surface area contributed by atoms with Gasteiger partial charge in [-0.25, -0.2) is 9.82 Å². The predicted octanol–water partition coefficient (Wildman–Crippen LogP) is 4.24. The maximum atomic E-state index is 12.9. The number of amides is 3. The Balaban J connectivity index is 1.48. The Morgan fingerprint density at radius 1 is 0.882 bits per heavy atom. The van der Waals surface area contributed by atoms with Crippen molar-refractivity contribution in [1.29, 1.82) is 0 Å². The summed E-state index contributed by atoms with van der Waals surface area (Å²) in [5.74, 6) is -2.46. The van der Waals surface area contributed by atoms with Gasteiger partial charge < -0.3 is 15.4 Å². The largest absolute Gasteiger partial charge is 0.484 e. The van der Waals surface area contributed by atoms with Gasteiger partial charge in [-0.15, -0.1) is 0 Å². The quantitative estimate of drug-likeness (QED) is 0.255. The Labute approximate surface area is 203 Å². The van der Waals surface area contributed by atoms with Crippen LogP contribution in [0.5, 0.6) is 5.75 Å². The Morgan fingerprint density at radius 2 is 1.62 bits per heavy atom. The van der Waals surface area contributed by atoms with E-state index >= 15 is 0 Å². The highest BCUT2D eigenvalue weighted by Crippen LogP contribution is 2.25. The summed E-state index contributed by atoms with van der Waals surface area (Å²) in [6, 6.07) is 16.2.